The van der Waals surface area contributed by atoms with E-state index in [2.05, 4.69) is 9.97 Å². The van der Waals surface area contributed by atoms with Crippen molar-refractivity contribution in [2.24, 2.45) is 0 Å². The molecular weight excluding hydrogens is 203 g/mol. The molecule has 0 radical (unpaired) electrons. The third kappa shape index (κ3) is 1.59. The van der Waals surface area contributed by atoms with Gasteiger partial charge in [0.1, 0.15) is 12.1 Å². The summed E-state index contributed by atoms with van der Waals surface area (Å²) in [5.74, 6) is -0.368. The lowest BCUT2D eigenvalue weighted by molar-refractivity contribution is 0.631. The molecule has 2 nitrogen and oxygen atoms in total. The minimum atomic E-state index is -0.368. The van der Waals surface area contributed by atoms with Crippen molar-refractivity contribution in [2.45, 2.75) is 0 Å². The molecule has 0 spiro atoms. The van der Waals surface area contributed by atoms with Gasteiger partial charge in [-0.25, -0.2) is 14.4 Å². The van der Waals surface area contributed by atoms with E-state index in [4.69, 9.17) is 11.6 Å². The predicted octanol–water partition coefficient (Wildman–Crippen LogP) is 2.94. The summed E-state index contributed by atoms with van der Waals surface area (Å²) in [4.78, 5) is 7.61. The van der Waals surface area contributed by atoms with Crippen molar-refractivity contribution in [3.63, 3.8) is 0 Å². The molecular formula is C10H6ClFN2. The maximum atomic E-state index is 13.4. The second-order valence-electron chi connectivity index (χ2n) is 2.72. The first-order valence-electron chi connectivity index (χ1n) is 3.98. The number of benzene rings is 1. The number of hydrogen-bond donors (Lipinski definition) is 0. The van der Waals surface area contributed by atoms with Crippen LogP contribution in [-0.2, 0) is 0 Å². The van der Waals surface area contributed by atoms with Gasteiger partial charge in [0.15, 0.2) is 0 Å². The van der Waals surface area contributed by atoms with Crippen molar-refractivity contribution < 1.29 is 4.39 Å². The Bertz CT molecular complexity index is 425. The molecule has 0 aliphatic rings. The summed E-state index contributed by atoms with van der Waals surface area (Å²) in [6, 6.07) is 4.55. The topological polar surface area (TPSA) is 25.8 Å². The van der Waals surface area contributed by atoms with Gasteiger partial charge in [0.25, 0.3) is 0 Å². The van der Waals surface area contributed by atoms with Crippen LogP contribution in [-0.4, -0.2) is 9.97 Å². The van der Waals surface area contributed by atoms with Gasteiger partial charge in [0.05, 0.1) is 5.02 Å². The van der Waals surface area contributed by atoms with Gasteiger partial charge < -0.3 is 0 Å². The molecule has 0 aliphatic heterocycles. The molecule has 2 rings (SSSR count). The lowest BCUT2D eigenvalue weighted by Gasteiger charge is -2.03. The Morgan fingerprint density at radius 3 is 2.50 bits per heavy atom. The van der Waals surface area contributed by atoms with Gasteiger partial charge >= 0.3 is 0 Å². The van der Waals surface area contributed by atoms with E-state index in [1.807, 2.05) is 0 Å². The molecule has 0 saturated heterocycles. The standard InChI is InChI=1S/C10H6ClFN2/c11-8-2-1-3-9(12)10(8)7-4-13-6-14-5-7/h1-6H. The summed E-state index contributed by atoms with van der Waals surface area (Å²) < 4.78 is 13.4. The second kappa shape index (κ2) is 3.72. The van der Waals surface area contributed by atoms with Crippen LogP contribution < -0.4 is 0 Å². The van der Waals surface area contributed by atoms with Crippen LogP contribution in [0.4, 0.5) is 4.39 Å². The summed E-state index contributed by atoms with van der Waals surface area (Å²) in [6.07, 6.45) is 4.44. The number of halogens is 2. The molecule has 0 bridgehead atoms. The molecule has 0 N–H and O–H groups in total. The van der Waals surface area contributed by atoms with Crippen molar-refractivity contribution in [1.82, 2.24) is 9.97 Å². The molecule has 14 heavy (non-hydrogen) atoms. The highest BCUT2D eigenvalue weighted by Crippen LogP contribution is 2.28. The largest absolute Gasteiger partial charge is 0.244 e. The van der Waals surface area contributed by atoms with Crippen LogP contribution in [0, 0.1) is 5.82 Å². The van der Waals surface area contributed by atoms with E-state index in [1.165, 1.54) is 24.8 Å². The monoisotopic (exact) mass is 208 g/mol. The van der Waals surface area contributed by atoms with Gasteiger partial charge in [0.2, 0.25) is 0 Å². The Kier molecular flexibility index (Phi) is 2.41. The van der Waals surface area contributed by atoms with Gasteiger partial charge in [-0.2, -0.15) is 0 Å². The van der Waals surface area contributed by atoms with Crippen LogP contribution in [0.25, 0.3) is 11.1 Å². The van der Waals surface area contributed by atoms with Gasteiger partial charge in [-0.3, -0.25) is 0 Å². The highest BCUT2D eigenvalue weighted by molar-refractivity contribution is 6.33. The highest BCUT2D eigenvalue weighted by Gasteiger charge is 2.08. The van der Waals surface area contributed by atoms with Crippen LogP contribution in [0.3, 0.4) is 0 Å². The Balaban J connectivity index is 2.63. The number of rotatable bonds is 1. The Labute approximate surface area is 85.4 Å². The summed E-state index contributed by atoms with van der Waals surface area (Å²) in [5.41, 5.74) is 0.922. The van der Waals surface area contributed by atoms with E-state index in [9.17, 15) is 4.39 Å². The van der Waals surface area contributed by atoms with Crippen molar-refractivity contribution >= 4 is 11.6 Å². The zero-order chi connectivity index (χ0) is 9.97. The fourth-order valence-corrected chi connectivity index (χ4v) is 1.47. The van der Waals surface area contributed by atoms with Gasteiger partial charge in [-0.05, 0) is 12.1 Å². The fraction of sp³-hybridized carbons (Fsp3) is 0. The third-order valence-corrected chi connectivity index (χ3v) is 2.13. The molecule has 1 heterocycles. The van der Waals surface area contributed by atoms with E-state index in [0.29, 0.717) is 16.1 Å². The van der Waals surface area contributed by atoms with Crippen molar-refractivity contribution in [2.75, 3.05) is 0 Å². The molecule has 0 amide bonds. The van der Waals surface area contributed by atoms with Crippen LogP contribution in [0.1, 0.15) is 0 Å². The van der Waals surface area contributed by atoms with E-state index < -0.39 is 0 Å². The predicted molar refractivity (Wildman–Crippen MR) is 52.4 cm³/mol. The molecule has 0 fully saturated rings. The number of hydrogen-bond acceptors (Lipinski definition) is 2. The fourth-order valence-electron chi connectivity index (χ4n) is 1.20. The maximum absolute atomic E-state index is 13.4. The highest BCUT2D eigenvalue weighted by atomic mass is 35.5. The summed E-state index contributed by atoms with van der Waals surface area (Å²) in [5, 5.41) is 0.361. The first-order chi connectivity index (χ1) is 6.79. The molecule has 1 aromatic carbocycles. The zero-order valence-electron chi connectivity index (χ0n) is 7.11. The molecule has 4 heteroatoms. The van der Waals surface area contributed by atoms with Crippen LogP contribution in [0.5, 0.6) is 0 Å². The second-order valence-corrected chi connectivity index (χ2v) is 3.13. The Morgan fingerprint density at radius 1 is 1.14 bits per heavy atom. The minimum Gasteiger partial charge on any atom is -0.244 e. The first-order valence-corrected chi connectivity index (χ1v) is 4.36. The quantitative estimate of drug-likeness (QED) is 0.720. The van der Waals surface area contributed by atoms with Crippen molar-refractivity contribution in [1.29, 1.82) is 0 Å². The lowest BCUT2D eigenvalue weighted by Crippen LogP contribution is -1.87. The van der Waals surface area contributed by atoms with Gasteiger partial charge in [0, 0.05) is 23.5 Å². The average molecular weight is 209 g/mol. The first kappa shape index (κ1) is 9.09. The van der Waals surface area contributed by atoms with Crippen molar-refractivity contribution in [3.8, 4) is 11.1 Å². The van der Waals surface area contributed by atoms with E-state index in [1.54, 1.807) is 12.1 Å². The van der Waals surface area contributed by atoms with E-state index >= 15 is 0 Å². The molecule has 0 saturated carbocycles. The Hall–Kier alpha value is -1.48. The molecule has 2 aromatic rings. The van der Waals surface area contributed by atoms with Crippen molar-refractivity contribution in [3.05, 3.63) is 47.8 Å². The average Bonchev–Trinajstić information content (AvgIpc) is 2.19. The zero-order valence-corrected chi connectivity index (χ0v) is 7.87. The lowest BCUT2D eigenvalue weighted by atomic mass is 10.1. The third-order valence-electron chi connectivity index (χ3n) is 1.81. The SMILES string of the molecule is Fc1cccc(Cl)c1-c1cncnc1. The summed E-state index contributed by atoms with van der Waals surface area (Å²) in [6.45, 7) is 0. The van der Waals surface area contributed by atoms with Crippen LogP contribution in [0.2, 0.25) is 5.02 Å². The van der Waals surface area contributed by atoms with Crippen LogP contribution in [0.15, 0.2) is 36.9 Å². The maximum Gasteiger partial charge on any atom is 0.132 e. The number of aromatic nitrogens is 2. The Morgan fingerprint density at radius 2 is 1.86 bits per heavy atom. The van der Waals surface area contributed by atoms with E-state index in [-0.39, 0.29) is 5.82 Å². The van der Waals surface area contributed by atoms with E-state index in [0.717, 1.165) is 0 Å². The normalized spacial score (nSPS) is 10.1. The molecule has 0 aliphatic carbocycles. The minimum absolute atomic E-state index is 0.342. The molecule has 0 unspecified atom stereocenters. The summed E-state index contributed by atoms with van der Waals surface area (Å²) in [7, 11) is 0. The smallest absolute Gasteiger partial charge is 0.132 e. The summed E-state index contributed by atoms with van der Waals surface area (Å²) >= 11 is 5.87. The molecule has 1 aromatic heterocycles. The van der Waals surface area contributed by atoms with Gasteiger partial charge in [-0.15, -0.1) is 0 Å². The molecule has 70 valence electrons. The van der Waals surface area contributed by atoms with Gasteiger partial charge in [-0.1, -0.05) is 17.7 Å². The number of nitrogens with zero attached hydrogens (tertiary/aromatic N) is 2. The van der Waals surface area contributed by atoms with Crippen LogP contribution >= 0.6 is 11.6 Å². The molecule has 0 atom stereocenters.